The van der Waals surface area contributed by atoms with Crippen LogP contribution >= 0.6 is 11.6 Å². The van der Waals surface area contributed by atoms with E-state index in [4.69, 9.17) is 22.3 Å². The van der Waals surface area contributed by atoms with E-state index >= 15 is 0 Å². The molecule has 2 aromatic rings. The molecular formula is C25H32ClF2N7O2. The highest BCUT2D eigenvalue weighted by molar-refractivity contribution is 6.30. The summed E-state index contributed by atoms with van der Waals surface area (Å²) in [6.45, 7) is 5.38. The van der Waals surface area contributed by atoms with Gasteiger partial charge in [0.15, 0.2) is 17.5 Å². The fraction of sp³-hybridized carbons (Fsp3) is 0.520. The zero-order chi connectivity index (χ0) is 26.7. The normalized spacial score (nSPS) is 24.5. The second-order valence-electron chi connectivity index (χ2n) is 9.75. The van der Waals surface area contributed by atoms with Crippen LogP contribution in [0.5, 0.6) is 0 Å². The summed E-state index contributed by atoms with van der Waals surface area (Å²) < 4.78 is 31.0. The van der Waals surface area contributed by atoms with Gasteiger partial charge in [0.25, 0.3) is 0 Å². The Morgan fingerprint density at radius 1 is 1.22 bits per heavy atom. The van der Waals surface area contributed by atoms with Gasteiger partial charge in [-0.25, -0.2) is 18.8 Å². The molecule has 2 saturated carbocycles. The number of nitrogens with zero attached hydrogens (tertiary/aromatic N) is 4. The van der Waals surface area contributed by atoms with Gasteiger partial charge >= 0.3 is 0 Å². The third-order valence-electron chi connectivity index (χ3n) is 7.10. The number of nitrogens with one attached hydrogen (secondary N) is 2. The van der Waals surface area contributed by atoms with Gasteiger partial charge < -0.3 is 21.5 Å². The fourth-order valence-electron chi connectivity index (χ4n) is 5.19. The maximum atomic E-state index is 14.6. The third kappa shape index (κ3) is 6.27. The van der Waals surface area contributed by atoms with Gasteiger partial charge in [-0.2, -0.15) is 4.99 Å². The molecule has 2 aliphatic carbocycles. The van der Waals surface area contributed by atoms with Crippen LogP contribution in [-0.4, -0.2) is 45.4 Å². The molecule has 2 aliphatic rings. The van der Waals surface area contributed by atoms with Gasteiger partial charge in [0.05, 0.1) is 11.8 Å². The topological polar surface area (TPSA) is 130 Å². The zero-order valence-electron chi connectivity index (χ0n) is 20.7. The van der Waals surface area contributed by atoms with Gasteiger partial charge in [0.1, 0.15) is 5.69 Å². The molecule has 0 aliphatic heterocycles. The summed E-state index contributed by atoms with van der Waals surface area (Å²) in [4.78, 5) is 25.0. The SMILES string of the molecule is C=N/C(=N\c1c(C)nc(Nc2c(F)cc(Cl)cc2F)n1[C@H]1CC[C@@H](C(N)=O)CC1)N[C@H]1CCC[C@@H](O)C1. The Balaban J connectivity index is 1.71. The van der Waals surface area contributed by atoms with E-state index < -0.39 is 11.6 Å². The van der Waals surface area contributed by atoms with Crippen LogP contribution in [0.1, 0.15) is 63.1 Å². The highest BCUT2D eigenvalue weighted by atomic mass is 35.5. The molecule has 1 heterocycles. The molecule has 1 aromatic heterocycles. The molecule has 0 bridgehead atoms. The summed E-state index contributed by atoms with van der Waals surface area (Å²) in [5.41, 5.74) is 5.65. The lowest BCUT2D eigenvalue weighted by Crippen LogP contribution is -2.39. The smallest absolute Gasteiger partial charge is 0.224 e. The molecule has 2 atom stereocenters. The summed E-state index contributed by atoms with van der Waals surface area (Å²) in [5.74, 6) is -1.35. The van der Waals surface area contributed by atoms with Crippen molar-refractivity contribution in [2.24, 2.45) is 21.6 Å². The number of carbonyl (C=O) groups is 1. The molecule has 9 nitrogen and oxygen atoms in total. The predicted octanol–water partition coefficient (Wildman–Crippen LogP) is 4.66. The van der Waals surface area contributed by atoms with E-state index in [2.05, 4.69) is 27.3 Å². The quantitative estimate of drug-likeness (QED) is 0.315. The number of primary amides is 1. The molecule has 1 amide bonds. The first-order chi connectivity index (χ1) is 17.7. The van der Waals surface area contributed by atoms with Gasteiger partial charge in [0.2, 0.25) is 17.8 Å². The van der Waals surface area contributed by atoms with E-state index in [9.17, 15) is 18.7 Å². The van der Waals surface area contributed by atoms with Crippen LogP contribution in [0.15, 0.2) is 22.1 Å². The summed E-state index contributed by atoms with van der Waals surface area (Å²) >= 11 is 5.79. The number of carbonyl (C=O) groups excluding carboxylic acids is 1. The second-order valence-corrected chi connectivity index (χ2v) is 10.2. The number of rotatable bonds is 6. The molecule has 1 aromatic carbocycles. The Morgan fingerprint density at radius 2 is 1.89 bits per heavy atom. The molecule has 0 saturated heterocycles. The lowest BCUT2D eigenvalue weighted by molar-refractivity contribution is -0.122. The molecule has 4 rings (SSSR count). The maximum Gasteiger partial charge on any atom is 0.224 e. The van der Waals surface area contributed by atoms with Crippen LogP contribution in [0.25, 0.3) is 0 Å². The van der Waals surface area contributed by atoms with Gasteiger partial charge in [-0.05, 0) is 77.1 Å². The largest absolute Gasteiger partial charge is 0.393 e. The van der Waals surface area contributed by atoms with Crippen molar-refractivity contribution in [1.29, 1.82) is 0 Å². The van der Waals surface area contributed by atoms with Crippen molar-refractivity contribution < 1.29 is 18.7 Å². The number of aryl methyl sites for hydroxylation is 1. The maximum absolute atomic E-state index is 14.6. The number of imidazole rings is 1. The van der Waals surface area contributed by atoms with Crippen LogP contribution < -0.4 is 16.4 Å². The van der Waals surface area contributed by atoms with Gasteiger partial charge in [-0.3, -0.25) is 9.36 Å². The van der Waals surface area contributed by atoms with Crippen molar-refractivity contribution in [2.75, 3.05) is 5.32 Å². The van der Waals surface area contributed by atoms with Crippen LogP contribution in [0, 0.1) is 24.5 Å². The molecule has 200 valence electrons. The predicted molar refractivity (Wildman–Crippen MR) is 140 cm³/mol. The minimum absolute atomic E-state index is 0.00876. The number of halogens is 3. The van der Waals surface area contributed by atoms with E-state index in [1.807, 2.05) is 0 Å². The van der Waals surface area contributed by atoms with Crippen LogP contribution in [0.4, 0.5) is 26.2 Å². The van der Waals surface area contributed by atoms with Gasteiger partial charge in [-0.1, -0.05) is 11.6 Å². The average molecular weight is 536 g/mol. The van der Waals surface area contributed by atoms with E-state index in [0.717, 1.165) is 31.4 Å². The van der Waals surface area contributed by atoms with Crippen molar-refractivity contribution in [3.63, 3.8) is 0 Å². The Morgan fingerprint density at radius 3 is 2.49 bits per heavy atom. The van der Waals surface area contributed by atoms with Gasteiger partial charge in [-0.15, -0.1) is 0 Å². The van der Waals surface area contributed by atoms with Crippen LogP contribution in [-0.2, 0) is 4.79 Å². The number of guanidine groups is 1. The number of nitrogens with two attached hydrogens (primary N) is 1. The van der Waals surface area contributed by atoms with E-state index in [0.29, 0.717) is 43.6 Å². The lowest BCUT2D eigenvalue weighted by Gasteiger charge is -2.30. The zero-order valence-corrected chi connectivity index (χ0v) is 21.4. The number of aliphatic hydroxyl groups is 1. The molecule has 0 unspecified atom stereocenters. The number of aliphatic imine (C=N–C) groups is 2. The third-order valence-corrected chi connectivity index (χ3v) is 7.32. The Labute approximate surface area is 219 Å². The van der Waals surface area contributed by atoms with Crippen molar-refractivity contribution in [3.8, 4) is 0 Å². The van der Waals surface area contributed by atoms with Crippen molar-refractivity contribution in [2.45, 2.75) is 76.5 Å². The number of amides is 1. The standard InChI is InChI=1S/C25H32ClF2N7O2/c1-13-23(34-24(30-2)32-16-4-3-5-18(36)12-16)35(17-8-6-14(7-9-17)22(29)37)25(31-13)33-21-19(27)10-15(26)11-20(21)28/h10-11,14,16-18,36H,2-9,12H2,1H3,(H2,29,37)(H,31,33)(H,32,34)/t14-,16-,17+,18+/m0/s1. The Hall–Kier alpha value is -3.05. The second kappa shape index (κ2) is 11.6. The first-order valence-corrected chi connectivity index (χ1v) is 12.8. The van der Waals surface area contributed by atoms with E-state index in [1.54, 1.807) is 11.5 Å². The average Bonchev–Trinajstić information content (AvgIpc) is 3.15. The van der Waals surface area contributed by atoms with Gasteiger partial charge in [0, 0.05) is 23.0 Å². The van der Waals surface area contributed by atoms with Crippen molar-refractivity contribution >= 4 is 47.6 Å². The number of benzene rings is 1. The van der Waals surface area contributed by atoms with Crippen LogP contribution in [0.2, 0.25) is 5.02 Å². The number of anilines is 2. The fourth-order valence-corrected chi connectivity index (χ4v) is 5.38. The van der Waals surface area contributed by atoms with Crippen molar-refractivity contribution in [1.82, 2.24) is 14.9 Å². The highest BCUT2D eigenvalue weighted by Gasteiger charge is 2.30. The summed E-state index contributed by atoms with van der Waals surface area (Å²) in [6.07, 6.45) is 5.06. The lowest BCUT2D eigenvalue weighted by atomic mass is 9.85. The number of hydrogen-bond donors (Lipinski definition) is 4. The molecule has 0 spiro atoms. The van der Waals surface area contributed by atoms with E-state index in [-0.39, 0.29) is 52.6 Å². The molecule has 2 fully saturated rings. The number of hydrogen-bond acceptors (Lipinski definition) is 5. The summed E-state index contributed by atoms with van der Waals surface area (Å²) in [5, 5.41) is 16.0. The molecule has 0 radical (unpaired) electrons. The minimum Gasteiger partial charge on any atom is -0.393 e. The summed E-state index contributed by atoms with van der Waals surface area (Å²) in [7, 11) is 0. The molecular weight excluding hydrogens is 504 g/mol. The molecule has 12 heteroatoms. The molecule has 5 N–H and O–H groups in total. The minimum atomic E-state index is -0.856. The number of aromatic nitrogens is 2. The van der Waals surface area contributed by atoms with Crippen molar-refractivity contribution in [3.05, 3.63) is 34.5 Å². The first-order valence-electron chi connectivity index (χ1n) is 12.5. The number of aliphatic hydroxyl groups excluding tert-OH is 1. The van der Waals surface area contributed by atoms with Crippen LogP contribution in [0.3, 0.4) is 0 Å². The monoisotopic (exact) mass is 535 g/mol. The van der Waals surface area contributed by atoms with E-state index in [1.165, 1.54) is 0 Å². The Bertz CT molecular complexity index is 1170. The summed E-state index contributed by atoms with van der Waals surface area (Å²) in [6, 6.07) is 1.88. The molecule has 37 heavy (non-hydrogen) atoms. The highest BCUT2D eigenvalue weighted by Crippen LogP contribution is 2.40. The Kier molecular flexibility index (Phi) is 8.43. The first kappa shape index (κ1) is 27.0.